The minimum atomic E-state index is -0.593. The van der Waals surface area contributed by atoms with Crippen LogP contribution in [0.1, 0.15) is 35.3 Å². The van der Waals surface area contributed by atoms with Gasteiger partial charge in [0.25, 0.3) is 5.91 Å². The molecule has 0 unspecified atom stereocenters. The SMILES string of the molecule is CNc1cc(C(=O)Nc2cccc(C(C)(C)C#N)c2)ccc1C. The molecular weight excluding hydrogens is 286 g/mol. The smallest absolute Gasteiger partial charge is 0.255 e. The van der Waals surface area contributed by atoms with Crippen molar-refractivity contribution in [2.45, 2.75) is 26.2 Å². The van der Waals surface area contributed by atoms with E-state index >= 15 is 0 Å². The second kappa shape index (κ2) is 6.53. The molecular formula is C19H21N3O. The first-order valence-corrected chi connectivity index (χ1v) is 7.49. The number of nitrogens with one attached hydrogen (secondary N) is 2. The number of nitriles is 1. The lowest BCUT2D eigenvalue weighted by Crippen LogP contribution is -2.16. The fourth-order valence-corrected chi connectivity index (χ4v) is 2.29. The lowest BCUT2D eigenvalue weighted by Gasteiger charge is -2.17. The van der Waals surface area contributed by atoms with Crippen LogP contribution < -0.4 is 10.6 Å². The molecule has 2 rings (SSSR count). The molecule has 1 amide bonds. The Hall–Kier alpha value is -2.80. The van der Waals surface area contributed by atoms with Gasteiger partial charge in [0.1, 0.15) is 0 Å². The zero-order valence-corrected chi connectivity index (χ0v) is 13.9. The Labute approximate surface area is 137 Å². The summed E-state index contributed by atoms with van der Waals surface area (Å²) < 4.78 is 0. The Balaban J connectivity index is 2.24. The second-order valence-corrected chi connectivity index (χ2v) is 6.05. The minimum absolute atomic E-state index is 0.173. The monoisotopic (exact) mass is 307 g/mol. The number of rotatable bonds is 4. The Morgan fingerprint density at radius 1 is 1.17 bits per heavy atom. The number of hydrogen-bond donors (Lipinski definition) is 2. The van der Waals surface area contributed by atoms with Crippen molar-refractivity contribution < 1.29 is 4.79 Å². The number of benzene rings is 2. The van der Waals surface area contributed by atoms with Crippen molar-refractivity contribution in [2.75, 3.05) is 17.7 Å². The topological polar surface area (TPSA) is 64.9 Å². The Morgan fingerprint density at radius 3 is 2.57 bits per heavy atom. The van der Waals surface area contributed by atoms with Gasteiger partial charge in [-0.1, -0.05) is 18.2 Å². The van der Waals surface area contributed by atoms with Crippen LogP contribution >= 0.6 is 0 Å². The van der Waals surface area contributed by atoms with E-state index in [1.54, 1.807) is 6.07 Å². The van der Waals surface area contributed by atoms with Crippen molar-refractivity contribution in [3.63, 3.8) is 0 Å². The van der Waals surface area contributed by atoms with E-state index in [0.29, 0.717) is 11.3 Å². The average molecular weight is 307 g/mol. The summed E-state index contributed by atoms with van der Waals surface area (Å²) in [5.41, 5.74) is 3.56. The molecule has 23 heavy (non-hydrogen) atoms. The number of carbonyl (C=O) groups is 1. The molecule has 0 saturated heterocycles. The zero-order valence-electron chi connectivity index (χ0n) is 13.9. The van der Waals surface area contributed by atoms with Crippen molar-refractivity contribution >= 4 is 17.3 Å². The van der Waals surface area contributed by atoms with Gasteiger partial charge in [-0.15, -0.1) is 0 Å². The molecule has 0 saturated carbocycles. The molecule has 118 valence electrons. The summed E-state index contributed by atoms with van der Waals surface area (Å²) in [7, 11) is 1.83. The van der Waals surface area contributed by atoms with Crippen molar-refractivity contribution in [1.29, 1.82) is 5.26 Å². The average Bonchev–Trinajstić information content (AvgIpc) is 2.55. The number of amides is 1. The van der Waals surface area contributed by atoms with Gasteiger partial charge in [-0.3, -0.25) is 4.79 Å². The van der Waals surface area contributed by atoms with E-state index in [9.17, 15) is 10.1 Å². The predicted octanol–water partition coefficient (Wildman–Crippen LogP) is 4.09. The highest BCUT2D eigenvalue weighted by atomic mass is 16.1. The molecule has 0 atom stereocenters. The summed E-state index contributed by atoms with van der Waals surface area (Å²) in [6.45, 7) is 5.70. The summed E-state index contributed by atoms with van der Waals surface area (Å²) in [5, 5.41) is 15.2. The summed E-state index contributed by atoms with van der Waals surface area (Å²) in [6, 6.07) is 15.2. The zero-order chi connectivity index (χ0) is 17.0. The minimum Gasteiger partial charge on any atom is -0.388 e. The molecule has 4 heteroatoms. The van der Waals surface area contributed by atoms with Crippen molar-refractivity contribution in [2.24, 2.45) is 0 Å². The van der Waals surface area contributed by atoms with E-state index < -0.39 is 5.41 Å². The Bertz CT molecular complexity index is 772. The lowest BCUT2D eigenvalue weighted by atomic mass is 9.86. The number of nitrogens with zero attached hydrogens (tertiary/aromatic N) is 1. The molecule has 0 bridgehead atoms. The molecule has 0 spiro atoms. The van der Waals surface area contributed by atoms with E-state index in [-0.39, 0.29) is 5.91 Å². The molecule has 4 nitrogen and oxygen atoms in total. The predicted molar refractivity (Wildman–Crippen MR) is 93.8 cm³/mol. The van der Waals surface area contributed by atoms with Gasteiger partial charge in [0.05, 0.1) is 11.5 Å². The van der Waals surface area contributed by atoms with Crippen LogP contribution in [0.5, 0.6) is 0 Å². The maximum atomic E-state index is 12.4. The third-order valence-corrected chi connectivity index (χ3v) is 3.89. The normalized spacial score (nSPS) is 10.7. The highest BCUT2D eigenvalue weighted by molar-refractivity contribution is 6.05. The molecule has 0 aromatic heterocycles. The third-order valence-electron chi connectivity index (χ3n) is 3.89. The van der Waals surface area contributed by atoms with E-state index in [4.69, 9.17) is 0 Å². The quantitative estimate of drug-likeness (QED) is 0.894. The van der Waals surface area contributed by atoms with Crippen molar-refractivity contribution in [1.82, 2.24) is 0 Å². The van der Waals surface area contributed by atoms with Gasteiger partial charge in [-0.25, -0.2) is 0 Å². The van der Waals surface area contributed by atoms with Crippen LogP contribution in [0.4, 0.5) is 11.4 Å². The standard InChI is InChI=1S/C19H21N3O/c1-13-8-9-14(10-17(13)21-4)18(23)22-16-7-5-6-15(11-16)19(2,3)12-20/h5-11,21H,1-4H3,(H,22,23). The maximum Gasteiger partial charge on any atom is 0.255 e. The molecule has 0 aliphatic heterocycles. The Morgan fingerprint density at radius 2 is 1.91 bits per heavy atom. The van der Waals surface area contributed by atoms with Gasteiger partial charge in [0.2, 0.25) is 0 Å². The molecule has 0 aliphatic rings. The highest BCUT2D eigenvalue weighted by Gasteiger charge is 2.20. The number of hydrogen-bond acceptors (Lipinski definition) is 3. The van der Waals surface area contributed by atoms with Crippen LogP contribution in [0.3, 0.4) is 0 Å². The molecule has 2 aromatic rings. The fraction of sp³-hybridized carbons (Fsp3) is 0.263. The third kappa shape index (κ3) is 3.70. The van der Waals surface area contributed by atoms with E-state index in [0.717, 1.165) is 16.8 Å². The van der Waals surface area contributed by atoms with Gasteiger partial charge in [-0.05, 0) is 56.2 Å². The van der Waals surface area contributed by atoms with Gasteiger partial charge < -0.3 is 10.6 Å². The summed E-state index contributed by atoms with van der Waals surface area (Å²) in [4.78, 5) is 12.4. The van der Waals surface area contributed by atoms with E-state index in [2.05, 4.69) is 16.7 Å². The van der Waals surface area contributed by atoms with Crippen molar-refractivity contribution in [3.8, 4) is 6.07 Å². The molecule has 0 heterocycles. The number of aryl methyl sites for hydroxylation is 1. The first-order valence-electron chi connectivity index (χ1n) is 7.49. The van der Waals surface area contributed by atoms with Crippen LogP contribution in [0, 0.1) is 18.3 Å². The van der Waals surface area contributed by atoms with Crippen LogP contribution in [0.15, 0.2) is 42.5 Å². The van der Waals surface area contributed by atoms with Gasteiger partial charge in [-0.2, -0.15) is 5.26 Å². The fourth-order valence-electron chi connectivity index (χ4n) is 2.29. The van der Waals surface area contributed by atoms with Gasteiger partial charge in [0, 0.05) is 24.0 Å². The van der Waals surface area contributed by atoms with Crippen LogP contribution in [0.25, 0.3) is 0 Å². The van der Waals surface area contributed by atoms with E-state index in [1.165, 1.54) is 0 Å². The number of anilines is 2. The Kier molecular flexibility index (Phi) is 4.71. The molecule has 2 aromatic carbocycles. The summed E-state index contributed by atoms with van der Waals surface area (Å²) in [5.74, 6) is -0.173. The van der Waals surface area contributed by atoms with Crippen LogP contribution in [0.2, 0.25) is 0 Å². The second-order valence-electron chi connectivity index (χ2n) is 6.05. The van der Waals surface area contributed by atoms with Crippen LogP contribution in [-0.2, 0) is 5.41 Å². The molecule has 2 N–H and O–H groups in total. The van der Waals surface area contributed by atoms with Crippen LogP contribution in [-0.4, -0.2) is 13.0 Å². The van der Waals surface area contributed by atoms with Gasteiger partial charge >= 0.3 is 0 Å². The van der Waals surface area contributed by atoms with Gasteiger partial charge in [0.15, 0.2) is 0 Å². The molecule has 0 aliphatic carbocycles. The summed E-state index contributed by atoms with van der Waals surface area (Å²) in [6.07, 6.45) is 0. The molecule has 0 radical (unpaired) electrons. The first-order chi connectivity index (χ1) is 10.9. The lowest BCUT2D eigenvalue weighted by molar-refractivity contribution is 0.102. The van der Waals surface area contributed by atoms with Crippen molar-refractivity contribution in [3.05, 3.63) is 59.2 Å². The first kappa shape index (κ1) is 16.6. The maximum absolute atomic E-state index is 12.4. The highest BCUT2D eigenvalue weighted by Crippen LogP contribution is 2.25. The van der Waals surface area contributed by atoms with E-state index in [1.807, 2.05) is 64.2 Å². The molecule has 0 fully saturated rings. The number of carbonyl (C=O) groups excluding carboxylic acids is 1. The summed E-state index contributed by atoms with van der Waals surface area (Å²) >= 11 is 0. The largest absolute Gasteiger partial charge is 0.388 e.